The highest BCUT2D eigenvalue weighted by atomic mass is 32.1. The molecule has 0 bridgehead atoms. The molecule has 0 unspecified atom stereocenters. The van der Waals surface area contributed by atoms with E-state index in [1.807, 2.05) is 37.3 Å². The summed E-state index contributed by atoms with van der Waals surface area (Å²) >= 11 is 3.12. The van der Waals surface area contributed by atoms with Crippen molar-refractivity contribution < 1.29 is 0 Å². The molecule has 0 spiro atoms. The summed E-state index contributed by atoms with van der Waals surface area (Å²) in [6.45, 7) is 2.56. The number of anilines is 1. The Morgan fingerprint density at radius 3 is 2.58 bits per heavy atom. The number of aryl methyl sites for hydroxylation is 1. The van der Waals surface area contributed by atoms with Gasteiger partial charge in [0.1, 0.15) is 15.0 Å². The van der Waals surface area contributed by atoms with Gasteiger partial charge in [0.05, 0.1) is 6.54 Å². The Balaban J connectivity index is 1.68. The Hall–Kier alpha value is -1.86. The molecule has 1 N–H and O–H groups in total. The summed E-state index contributed by atoms with van der Waals surface area (Å²) in [4.78, 5) is 0. The van der Waals surface area contributed by atoms with Crippen molar-refractivity contribution >= 4 is 27.8 Å². The standard InChI is InChI=1S/C12H11N5S2/c1-8-14-17-12(18-8)13-7-10-15-16-11(19-10)9-5-3-2-4-6-9/h2-6H,7H2,1H3,(H,13,17). The van der Waals surface area contributed by atoms with E-state index in [1.54, 1.807) is 11.3 Å². The van der Waals surface area contributed by atoms with Gasteiger partial charge in [-0.2, -0.15) is 0 Å². The Labute approximate surface area is 118 Å². The summed E-state index contributed by atoms with van der Waals surface area (Å²) in [6, 6.07) is 10.1. The SMILES string of the molecule is Cc1nnc(NCc2nnc(-c3ccccc3)s2)s1. The quantitative estimate of drug-likeness (QED) is 0.800. The highest BCUT2D eigenvalue weighted by molar-refractivity contribution is 7.15. The highest BCUT2D eigenvalue weighted by Crippen LogP contribution is 2.23. The highest BCUT2D eigenvalue weighted by Gasteiger charge is 2.07. The van der Waals surface area contributed by atoms with E-state index in [-0.39, 0.29) is 0 Å². The van der Waals surface area contributed by atoms with Crippen molar-refractivity contribution in [3.63, 3.8) is 0 Å². The molecular formula is C12H11N5S2. The Morgan fingerprint density at radius 1 is 1.00 bits per heavy atom. The first kappa shape index (κ1) is 12.2. The monoisotopic (exact) mass is 289 g/mol. The minimum Gasteiger partial charge on any atom is -0.353 e. The first-order chi connectivity index (χ1) is 9.31. The molecule has 3 aromatic rings. The van der Waals surface area contributed by atoms with Gasteiger partial charge in [-0.15, -0.1) is 20.4 Å². The van der Waals surface area contributed by atoms with Crippen molar-refractivity contribution in [1.82, 2.24) is 20.4 Å². The van der Waals surface area contributed by atoms with Gasteiger partial charge in [0.2, 0.25) is 5.13 Å². The second-order valence-electron chi connectivity index (χ2n) is 3.85. The van der Waals surface area contributed by atoms with Crippen molar-refractivity contribution in [3.8, 4) is 10.6 Å². The van der Waals surface area contributed by atoms with Crippen molar-refractivity contribution in [3.05, 3.63) is 40.3 Å². The summed E-state index contributed by atoms with van der Waals surface area (Å²) in [5, 5.41) is 23.2. The maximum absolute atomic E-state index is 4.20. The predicted octanol–water partition coefficient (Wildman–Crippen LogP) is 2.98. The largest absolute Gasteiger partial charge is 0.353 e. The van der Waals surface area contributed by atoms with Crippen LogP contribution in [0.5, 0.6) is 0 Å². The molecule has 1 aromatic carbocycles. The number of benzene rings is 1. The van der Waals surface area contributed by atoms with E-state index in [0.717, 1.165) is 25.7 Å². The van der Waals surface area contributed by atoms with Crippen LogP contribution in [-0.4, -0.2) is 20.4 Å². The Morgan fingerprint density at radius 2 is 1.84 bits per heavy atom. The van der Waals surface area contributed by atoms with Crippen molar-refractivity contribution in [2.45, 2.75) is 13.5 Å². The van der Waals surface area contributed by atoms with E-state index in [2.05, 4.69) is 25.7 Å². The molecule has 7 heteroatoms. The normalized spacial score (nSPS) is 10.6. The molecule has 3 rings (SSSR count). The lowest BCUT2D eigenvalue weighted by Crippen LogP contribution is -1.98. The second-order valence-corrected chi connectivity index (χ2v) is 6.09. The fourth-order valence-electron chi connectivity index (χ4n) is 1.54. The third-order valence-corrected chi connectivity index (χ3v) is 4.17. The number of nitrogens with one attached hydrogen (secondary N) is 1. The predicted molar refractivity (Wildman–Crippen MR) is 77.3 cm³/mol. The van der Waals surface area contributed by atoms with Crippen LogP contribution >= 0.6 is 22.7 Å². The number of rotatable bonds is 4. The Kier molecular flexibility index (Phi) is 3.47. The topological polar surface area (TPSA) is 63.6 Å². The molecular weight excluding hydrogens is 278 g/mol. The van der Waals surface area contributed by atoms with E-state index in [4.69, 9.17) is 0 Å². The molecule has 0 fully saturated rings. The van der Waals surface area contributed by atoms with Crippen LogP contribution < -0.4 is 5.32 Å². The molecule has 0 aliphatic heterocycles. The van der Waals surface area contributed by atoms with E-state index in [1.165, 1.54) is 11.3 Å². The maximum Gasteiger partial charge on any atom is 0.206 e. The molecule has 96 valence electrons. The average Bonchev–Trinajstić information content (AvgIpc) is 3.06. The Bertz CT molecular complexity index is 662. The molecule has 0 amide bonds. The average molecular weight is 289 g/mol. The summed E-state index contributed by atoms with van der Waals surface area (Å²) in [5.74, 6) is 0. The van der Waals surface area contributed by atoms with Crippen LogP contribution in [0.15, 0.2) is 30.3 Å². The molecule has 2 heterocycles. The lowest BCUT2D eigenvalue weighted by Gasteiger charge is -1.95. The van der Waals surface area contributed by atoms with Gasteiger partial charge in [-0.25, -0.2) is 0 Å². The van der Waals surface area contributed by atoms with Crippen LogP contribution in [0.2, 0.25) is 0 Å². The molecule has 5 nitrogen and oxygen atoms in total. The van der Waals surface area contributed by atoms with Crippen molar-refractivity contribution in [2.75, 3.05) is 5.32 Å². The summed E-state index contributed by atoms with van der Waals surface area (Å²) < 4.78 is 0. The van der Waals surface area contributed by atoms with Gasteiger partial charge in [0, 0.05) is 5.56 Å². The van der Waals surface area contributed by atoms with Crippen LogP contribution in [0, 0.1) is 6.92 Å². The molecule has 0 aliphatic carbocycles. The summed E-state index contributed by atoms with van der Waals surface area (Å²) in [5.41, 5.74) is 1.10. The molecule has 0 aliphatic rings. The summed E-state index contributed by atoms with van der Waals surface area (Å²) in [7, 11) is 0. The molecule has 0 saturated carbocycles. The second kappa shape index (κ2) is 5.41. The van der Waals surface area contributed by atoms with Gasteiger partial charge in [0.15, 0.2) is 0 Å². The van der Waals surface area contributed by atoms with Gasteiger partial charge in [-0.1, -0.05) is 53.0 Å². The van der Waals surface area contributed by atoms with Crippen LogP contribution in [0.1, 0.15) is 10.0 Å². The minimum absolute atomic E-state index is 0.624. The number of hydrogen-bond acceptors (Lipinski definition) is 7. The molecule has 2 aromatic heterocycles. The van der Waals surface area contributed by atoms with Gasteiger partial charge >= 0.3 is 0 Å². The molecule has 0 radical (unpaired) electrons. The third kappa shape index (κ3) is 2.94. The van der Waals surface area contributed by atoms with Crippen molar-refractivity contribution in [2.24, 2.45) is 0 Å². The maximum atomic E-state index is 4.20. The zero-order valence-corrected chi connectivity index (χ0v) is 11.8. The lowest BCUT2D eigenvalue weighted by atomic mass is 10.2. The van der Waals surface area contributed by atoms with Crippen LogP contribution in [-0.2, 0) is 6.54 Å². The van der Waals surface area contributed by atoms with E-state index < -0.39 is 0 Å². The fourth-order valence-corrected chi connectivity index (χ4v) is 2.91. The summed E-state index contributed by atoms with van der Waals surface area (Å²) in [6.07, 6.45) is 0. The third-order valence-electron chi connectivity index (χ3n) is 2.40. The lowest BCUT2D eigenvalue weighted by molar-refractivity contribution is 0.976. The van der Waals surface area contributed by atoms with Crippen LogP contribution in [0.4, 0.5) is 5.13 Å². The number of aromatic nitrogens is 4. The zero-order chi connectivity index (χ0) is 13.1. The fraction of sp³-hybridized carbons (Fsp3) is 0.167. The van der Waals surface area contributed by atoms with Gasteiger partial charge in [0.25, 0.3) is 0 Å². The first-order valence-electron chi connectivity index (χ1n) is 5.73. The van der Waals surface area contributed by atoms with E-state index in [9.17, 15) is 0 Å². The smallest absolute Gasteiger partial charge is 0.206 e. The first-order valence-corrected chi connectivity index (χ1v) is 7.36. The van der Waals surface area contributed by atoms with E-state index >= 15 is 0 Å². The van der Waals surface area contributed by atoms with Gasteiger partial charge in [-0.3, -0.25) is 0 Å². The molecule has 0 saturated heterocycles. The van der Waals surface area contributed by atoms with Gasteiger partial charge < -0.3 is 5.32 Å². The van der Waals surface area contributed by atoms with Crippen molar-refractivity contribution in [1.29, 1.82) is 0 Å². The number of hydrogen-bond donors (Lipinski definition) is 1. The van der Waals surface area contributed by atoms with Crippen LogP contribution in [0.3, 0.4) is 0 Å². The molecule has 19 heavy (non-hydrogen) atoms. The molecule has 0 atom stereocenters. The van der Waals surface area contributed by atoms with Gasteiger partial charge in [-0.05, 0) is 6.92 Å². The zero-order valence-electron chi connectivity index (χ0n) is 10.2. The van der Waals surface area contributed by atoms with Crippen LogP contribution in [0.25, 0.3) is 10.6 Å². The van der Waals surface area contributed by atoms with E-state index in [0.29, 0.717) is 6.54 Å². The minimum atomic E-state index is 0.624. The number of nitrogens with zero attached hydrogens (tertiary/aromatic N) is 4.